The van der Waals surface area contributed by atoms with Crippen molar-refractivity contribution in [1.29, 1.82) is 0 Å². The van der Waals surface area contributed by atoms with Crippen molar-refractivity contribution in [2.24, 2.45) is 0 Å². The predicted molar refractivity (Wildman–Crippen MR) is 97.0 cm³/mol. The molecule has 0 aromatic heterocycles. The highest BCUT2D eigenvalue weighted by molar-refractivity contribution is 7.51. The monoisotopic (exact) mass is 358 g/mol. The molecule has 0 amide bonds. The molecule has 6 nitrogen and oxygen atoms in total. The van der Waals surface area contributed by atoms with Crippen LogP contribution in [0.3, 0.4) is 0 Å². The summed E-state index contributed by atoms with van der Waals surface area (Å²) in [6.07, 6.45) is -0.776. The van der Waals surface area contributed by atoms with Crippen LogP contribution in [0, 0.1) is 0 Å². The molecule has 0 aliphatic carbocycles. The van der Waals surface area contributed by atoms with Crippen LogP contribution in [0.2, 0.25) is 0 Å². The molecule has 0 aliphatic heterocycles. The number of rotatable bonds is 6. The summed E-state index contributed by atoms with van der Waals surface area (Å²) < 4.78 is 21.6. The highest BCUT2D eigenvalue weighted by Crippen LogP contribution is 2.35. The summed E-state index contributed by atoms with van der Waals surface area (Å²) in [5.74, 6) is 1.04. The largest absolute Gasteiger partial charge is 0.508 e. The van der Waals surface area contributed by atoms with Gasteiger partial charge < -0.3 is 24.4 Å². The molecule has 2 aromatic rings. The fraction of sp³-hybridized carbons (Fsp3) is 0.250. The van der Waals surface area contributed by atoms with Gasteiger partial charge in [0, 0.05) is 5.56 Å². The van der Waals surface area contributed by atoms with E-state index in [9.17, 15) is 9.67 Å². The third kappa shape index (κ3) is 5.30. The maximum atomic E-state index is 10.9. The summed E-state index contributed by atoms with van der Waals surface area (Å²) in [4.78, 5) is 17.7. The maximum Gasteiger partial charge on any atom is 0.362 e. The topological polar surface area (TPSA) is 96.2 Å². The molecule has 0 bridgehead atoms. The first-order chi connectivity index (χ1) is 11.6. The van der Waals surface area contributed by atoms with Crippen molar-refractivity contribution < 1.29 is 28.9 Å². The minimum Gasteiger partial charge on any atom is -0.508 e. The van der Waals surface area contributed by atoms with Crippen LogP contribution in [0.1, 0.15) is 25.3 Å². The summed E-state index contributed by atoms with van der Waals surface area (Å²) >= 11 is 0. The number of phenolic OH excluding ortho intramolecular Hbond substituents is 1. The molecule has 128 valence electrons. The van der Waals surface area contributed by atoms with Crippen molar-refractivity contribution in [3.05, 3.63) is 35.9 Å². The lowest BCUT2D eigenvalue weighted by atomic mass is 9.85. The Morgan fingerprint density at radius 2 is 1.68 bits per heavy atom. The Balaban J connectivity index is 2.26. The van der Waals surface area contributed by atoms with Gasteiger partial charge in [-0.15, -0.1) is 0 Å². The van der Waals surface area contributed by atoms with Gasteiger partial charge in [-0.2, -0.15) is 0 Å². The van der Waals surface area contributed by atoms with Crippen LogP contribution in [0.4, 0.5) is 0 Å². The van der Waals surface area contributed by atoms with E-state index in [0.29, 0.717) is 5.75 Å². The van der Waals surface area contributed by atoms with Crippen molar-refractivity contribution in [3.8, 4) is 23.0 Å². The van der Waals surface area contributed by atoms with Gasteiger partial charge in [-0.05, 0) is 36.2 Å². The Labute approximate surface area is 148 Å². The van der Waals surface area contributed by atoms with Crippen LogP contribution in [-0.2, 0) is 4.57 Å². The molecule has 0 saturated carbocycles. The molecule has 9 heteroatoms. The van der Waals surface area contributed by atoms with Gasteiger partial charge in [-0.25, -0.2) is 0 Å². The van der Waals surface area contributed by atoms with Gasteiger partial charge in [0.05, 0.1) is 0 Å². The zero-order valence-electron chi connectivity index (χ0n) is 13.8. The van der Waals surface area contributed by atoms with E-state index in [0.717, 1.165) is 5.56 Å². The minimum absolute atomic E-state index is 0.0988. The quantitative estimate of drug-likeness (QED) is 0.534. The standard InChI is InChI=1S/C16H17B2O6P/c1-9(2)12-5-10(3-4-15(12)19)24-16-13(17)6-11(7-14(16)18)23-8-25(20,21)22/h3-7,9,19H,8H2,1-2H3,(H2,20,21,22). The molecule has 0 aliphatic rings. The van der Waals surface area contributed by atoms with Gasteiger partial charge in [-0.3, -0.25) is 4.57 Å². The van der Waals surface area contributed by atoms with E-state index in [1.165, 1.54) is 18.2 Å². The van der Waals surface area contributed by atoms with E-state index in [4.69, 9.17) is 35.0 Å². The fourth-order valence-electron chi connectivity index (χ4n) is 2.18. The van der Waals surface area contributed by atoms with Crippen molar-refractivity contribution in [2.75, 3.05) is 6.35 Å². The highest BCUT2D eigenvalue weighted by Gasteiger charge is 2.15. The van der Waals surface area contributed by atoms with Gasteiger partial charge in [0.25, 0.3) is 0 Å². The van der Waals surface area contributed by atoms with E-state index >= 15 is 0 Å². The zero-order valence-corrected chi connectivity index (χ0v) is 14.7. The molecule has 25 heavy (non-hydrogen) atoms. The summed E-state index contributed by atoms with van der Waals surface area (Å²) in [5, 5.41) is 9.86. The Kier molecular flexibility index (Phi) is 5.88. The third-order valence-electron chi connectivity index (χ3n) is 3.36. The average molecular weight is 358 g/mol. The number of ether oxygens (including phenoxy) is 2. The lowest BCUT2D eigenvalue weighted by Crippen LogP contribution is -2.19. The molecule has 0 unspecified atom stereocenters. The maximum absolute atomic E-state index is 10.9. The van der Waals surface area contributed by atoms with E-state index in [1.807, 2.05) is 13.8 Å². The lowest BCUT2D eigenvalue weighted by molar-refractivity contribution is 0.300. The number of aromatic hydroxyl groups is 1. The Morgan fingerprint density at radius 3 is 2.20 bits per heavy atom. The van der Waals surface area contributed by atoms with E-state index in [-0.39, 0.29) is 34.1 Å². The average Bonchev–Trinajstić information content (AvgIpc) is 2.49. The molecule has 2 rings (SSSR count). The number of hydrogen-bond acceptors (Lipinski definition) is 4. The normalized spacial score (nSPS) is 11.6. The van der Waals surface area contributed by atoms with Gasteiger partial charge >= 0.3 is 7.60 Å². The molecule has 4 radical (unpaired) electrons. The van der Waals surface area contributed by atoms with E-state index in [2.05, 4.69) is 0 Å². The molecule has 0 heterocycles. The van der Waals surface area contributed by atoms with Crippen LogP contribution in [0.15, 0.2) is 30.3 Å². The number of phenols is 1. The lowest BCUT2D eigenvalue weighted by Gasteiger charge is -2.17. The molecular weight excluding hydrogens is 341 g/mol. The Hall–Kier alpha value is -1.88. The number of benzene rings is 2. The highest BCUT2D eigenvalue weighted by atomic mass is 31.2. The predicted octanol–water partition coefficient (Wildman–Crippen LogP) is 1.41. The van der Waals surface area contributed by atoms with E-state index in [1.54, 1.807) is 12.1 Å². The van der Waals surface area contributed by atoms with Crippen LogP contribution in [0.25, 0.3) is 0 Å². The van der Waals surface area contributed by atoms with Gasteiger partial charge in [-0.1, -0.05) is 24.8 Å². The fourth-order valence-corrected chi connectivity index (χ4v) is 2.50. The summed E-state index contributed by atoms with van der Waals surface area (Å²) in [5.41, 5.74) is 1.02. The zero-order chi connectivity index (χ0) is 18.8. The third-order valence-corrected chi connectivity index (χ3v) is 3.83. The first-order valence-corrected chi connectivity index (χ1v) is 9.23. The molecule has 0 atom stereocenters. The SMILES string of the molecule is [B]c1cc(OCP(=O)(O)O)cc([B])c1Oc1ccc(O)c(C(C)C)c1. The molecule has 0 spiro atoms. The van der Waals surface area contributed by atoms with Crippen LogP contribution in [-0.4, -0.2) is 36.9 Å². The molecule has 0 fully saturated rings. The smallest absolute Gasteiger partial charge is 0.362 e. The Bertz CT molecular complexity index is 795. The van der Waals surface area contributed by atoms with Gasteiger partial charge in [0.1, 0.15) is 38.7 Å². The van der Waals surface area contributed by atoms with Crippen molar-refractivity contribution in [2.45, 2.75) is 19.8 Å². The van der Waals surface area contributed by atoms with Crippen LogP contribution >= 0.6 is 7.60 Å². The summed E-state index contributed by atoms with van der Waals surface area (Å²) in [6, 6.07) is 7.53. The first-order valence-electron chi connectivity index (χ1n) is 7.44. The molecule has 2 aromatic carbocycles. The van der Waals surface area contributed by atoms with Gasteiger partial charge in [0.2, 0.25) is 0 Å². The molecular formula is C16H17B2O6P. The minimum atomic E-state index is -4.31. The Morgan fingerprint density at radius 1 is 1.08 bits per heavy atom. The van der Waals surface area contributed by atoms with Crippen LogP contribution in [0.5, 0.6) is 23.0 Å². The van der Waals surface area contributed by atoms with Crippen molar-refractivity contribution in [3.63, 3.8) is 0 Å². The van der Waals surface area contributed by atoms with Crippen molar-refractivity contribution in [1.82, 2.24) is 0 Å². The second-order valence-corrected chi connectivity index (χ2v) is 7.43. The van der Waals surface area contributed by atoms with E-state index < -0.39 is 13.9 Å². The van der Waals surface area contributed by atoms with Crippen LogP contribution < -0.4 is 20.4 Å². The summed E-state index contributed by atoms with van der Waals surface area (Å²) in [6.45, 7) is 3.88. The molecule has 0 saturated heterocycles. The summed E-state index contributed by atoms with van der Waals surface area (Å²) in [7, 11) is 7.51. The molecule has 3 N–H and O–H groups in total. The van der Waals surface area contributed by atoms with Gasteiger partial charge in [0.15, 0.2) is 6.35 Å². The second kappa shape index (κ2) is 7.56. The first kappa shape index (κ1) is 19.4. The number of hydrogen-bond donors (Lipinski definition) is 3. The second-order valence-electron chi connectivity index (χ2n) is 5.85. The van der Waals surface area contributed by atoms with Crippen molar-refractivity contribution >= 4 is 34.2 Å².